The van der Waals surface area contributed by atoms with Gasteiger partial charge in [0.05, 0.1) is 0 Å². The van der Waals surface area contributed by atoms with Crippen LogP contribution in [0.15, 0.2) is 13.2 Å². The van der Waals surface area contributed by atoms with Crippen LogP contribution in [0.3, 0.4) is 0 Å². The minimum absolute atomic E-state index is 0. The molecule has 0 aromatic heterocycles. The van der Waals surface area contributed by atoms with Gasteiger partial charge in [-0.3, -0.25) is 13.2 Å². The van der Waals surface area contributed by atoms with Crippen LogP contribution in [-0.2, 0) is 65.4 Å². The molecule has 0 aliphatic carbocycles. The molecule has 0 saturated carbocycles. The van der Waals surface area contributed by atoms with E-state index >= 15 is 0 Å². The van der Waals surface area contributed by atoms with E-state index in [1.165, 1.54) is 0 Å². The van der Waals surface area contributed by atoms with Crippen molar-refractivity contribution < 1.29 is 65.4 Å². The summed E-state index contributed by atoms with van der Waals surface area (Å²) >= 11 is 0. The first-order valence-electron chi connectivity index (χ1n) is 4.67. The summed E-state index contributed by atoms with van der Waals surface area (Å²) in [5.41, 5.74) is 0. The maximum Gasteiger partial charge on any atom is 0 e. The fourth-order valence-electron chi connectivity index (χ4n) is 0.289. The first-order valence-corrected chi connectivity index (χ1v) is 4.67. The Labute approximate surface area is 141 Å². The van der Waals surface area contributed by atoms with Crippen LogP contribution in [0.5, 0.6) is 0 Å². The van der Waals surface area contributed by atoms with Gasteiger partial charge in [-0.25, -0.2) is 0 Å². The van der Waals surface area contributed by atoms with Crippen LogP contribution in [-0.4, -0.2) is 0 Å². The van der Waals surface area contributed by atoms with Crippen molar-refractivity contribution in [2.75, 3.05) is 0 Å². The maximum absolute atomic E-state index is 3.51. The molecule has 0 aromatic rings. The zero-order valence-corrected chi connectivity index (χ0v) is 15.8. The van der Waals surface area contributed by atoms with Crippen molar-refractivity contribution >= 4 is 0 Å². The Morgan fingerprint density at radius 3 is 1.07 bits per heavy atom. The zero-order chi connectivity index (χ0) is 9.98. The molecule has 2 atom stereocenters. The van der Waals surface area contributed by atoms with Gasteiger partial charge in [0.2, 0.25) is 0 Å². The summed E-state index contributed by atoms with van der Waals surface area (Å²) in [6, 6.07) is 0. The topological polar surface area (TPSA) is 0 Å². The third kappa shape index (κ3) is 23.5. The van der Waals surface area contributed by atoms with Gasteiger partial charge in [0.1, 0.15) is 0 Å². The molecule has 0 nitrogen and oxygen atoms in total. The first-order chi connectivity index (χ1) is 5.62. The van der Waals surface area contributed by atoms with E-state index in [2.05, 4.69) is 53.0 Å². The van der Waals surface area contributed by atoms with Gasteiger partial charge < -0.3 is 12.2 Å². The molecule has 0 heterocycles. The second kappa shape index (κ2) is 20.1. The molecule has 0 bridgehead atoms. The summed E-state index contributed by atoms with van der Waals surface area (Å²) in [6.45, 7) is 15.5. The molecule has 0 saturated heterocycles. The summed E-state index contributed by atoms with van der Waals surface area (Å²) in [5, 5.41) is 0. The van der Waals surface area contributed by atoms with Gasteiger partial charge >= 0.3 is 0 Å². The summed E-state index contributed by atoms with van der Waals surface area (Å²) in [7, 11) is 0. The molecule has 2 heteroatoms. The van der Waals surface area contributed by atoms with Crippen molar-refractivity contribution in [2.45, 2.75) is 40.5 Å². The predicted molar refractivity (Wildman–Crippen MR) is 56.7 cm³/mol. The summed E-state index contributed by atoms with van der Waals surface area (Å²) in [4.78, 5) is 0. The minimum atomic E-state index is 0. The molecular weight excluding hydrogens is 322 g/mol. The molecule has 0 fully saturated rings. The van der Waals surface area contributed by atoms with Crippen LogP contribution in [0.1, 0.15) is 40.5 Å². The van der Waals surface area contributed by atoms with Crippen LogP contribution >= 0.6 is 0 Å². The van der Waals surface area contributed by atoms with Crippen molar-refractivity contribution in [3.05, 3.63) is 25.3 Å². The van der Waals surface area contributed by atoms with Gasteiger partial charge in [-0.05, 0) is 0 Å². The molecule has 0 spiro atoms. The Kier molecular flexibility index (Phi) is 35.6. The minimum Gasteiger partial charge on any atom is -0.501 e. The normalized spacial score (nSPS) is 11.7. The molecule has 14 heavy (non-hydrogen) atoms. The smallest absolute Gasteiger partial charge is 0 e. The Hall–Kier alpha value is 1.69. The quantitative estimate of drug-likeness (QED) is 0.676. The van der Waals surface area contributed by atoms with Crippen LogP contribution in [0.25, 0.3) is 0 Å². The molecule has 2 radical (unpaired) electrons. The SMILES string of the molecule is C=[C-]C(C)CC.C=[C-]C(C)CC.[Y].[Y]. The first kappa shape index (κ1) is 24.8. The average Bonchev–Trinajstić information content (AvgIpc) is 2.16. The third-order valence-electron chi connectivity index (χ3n) is 1.92. The van der Waals surface area contributed by atoms with E-state index in [9.17, 15) is 0 Å². The second-order valence-corrected chi connectivity index (χ2v) is 3.03. The standard InChI is InChI=1S/2C6H11.2Y/c2*1-4-6(3)5-2;;/h2*6H,1,5H2,2-3H3;;/q2*-1;;. The summed E-state index contributed by atoms with van der Waals surface area (Å²) < 4.78 is 0. The molecule has 0 amide bonds. The number of hydrogen-bond acceptors (Lipinski definition) is 0. The molecule has 0 rings (SSSR count). The van der Waals surface area contributed by atoms with E-state index in [0.29, 0.717) is 11.8 Å². The maximum atomic E-state index is 3.51. The predicted octanol–water partition coefficient (Wildman–Crippen LogP) is 4.04. The molecule has 0 aromatic carbocycles. The van der Waals surface area contributed by atoms with E-state index in [1.807, 2.05) is 0 Å². The van der Waals surface area contributed by atoms with Crippen molar-refractivity contribution in [2.24, 2.45) is 11.8 Å². The monoisotopic (exact) mass is 344 g/mol. The van der Waals surface area contributed by atoms with E-state index in [-0.39, 0.29) is 65.4 Å². The number of rotatable bonds is 4. The Balaban J connectivity index is -0.0000000625. The van der Waals surface area contributed by atoms with Gasteiger partial charge in [-0.15, -0.1) is 0 Å². The molecule has 78 valence electrons. The van der Waals surface area contributed by atoms with Gasteiger partial charge in [0, 0.05) is 65.4 Å². The number of hydrogen-bond donors (Lipinski definition) is 0. The molecule has 0 aliphatic heterocycles. The number of allylic oxidation sites excluding steroid dienone is 2. The van der Waals surface area contributed by atoms with Crippen molar-refractivity contribution in [3.63, 3.8) is 0 Å². The van der Waals surface area contributed by atoms with Crippen molar-refractivity contribution in [3.8, 4) is 0 Å². The zero-order valence-electron chi connectivity index (χ0n) is 10.1. The molecule has 0 N–H and O–H groups in total. The summed E-state index contributed by atoms with van der Waals surface area (Å²) in [6.07, 6.45) is 8.04. The van der Waals surface area contributed by atoms with E-state index < -0.39 is 0 Å². The molecule has 0 aliphatic rings. The molecular formula is C12H22Y2-2. The van der Waals surface area contributed by atoms with Crippen LogP contribution in [0, 0.1) is 24.0 Å². The largest absolute Gasteiger partial charge is 0.501 e. The van der Waals surface area contributed by atoms with Gasteiger partial charge in [-0.1, -0.05) is 40.5 Å². The Bertz CT molecular complexity index is 96.9. The fourth-order valence-corrected chi connectivity index (χ4v) is 0.289. The molecule has 2 unspecified atom stereocenters. The third-order valence-corrected chi connectivity index (χ3v) is 1.92. The van der Waals surface area contributed by atoms with Crippen LogP contribution in [0.4, 0.5) is 0 Å². The Morgan fingerprint density at radius 2 is 1.07 bits per heavy atom. The average molecular weight is 344 g/mol. The van der Waals surface area contributed by atoms with Crippen molar-refractivity contribution in [1.82, 2.24) is 0 Å². The summed E-state index contributed by atoms with van der Waals surface area (Å²) in [5.74, 6) is 1.15. The van der Waals surface area contributed by atoms with Crippen LogP contribution in [0.2, 0.25) is 0 Å². The van der Waals surface area contributed by atoms with E-state index in [4.69, 9.17) is 0 Å². The van der Waals surface area contributed by atoms with Crippen LogP contribution < -0.4 is 0 Å². The van der Waals surface area contributed by atoms with E-state index in [0.717, 1.165) is 12.8 Å². The van der Waals surface area contributed by atoms with Gasteiger partial charge in [-0.2, -0.15) is 11.8 Å². The second-order valence-electron chi connectivity index (χ2n) is 3.03. The Morgan fingerprint density at radius 1 is 0.857 bits per heavy atom. The van der Waals surface area contributed by atoms with Gasteiger partial charge in [0.25, 0.3) is 0 Å². The fraction of sp³-hybridized carbons (Fsp3) is 0.667. The van der Waals surface area contributed by atoms with E-state index in [1.54, 1.807) is 0 Å². The van der Waals surface area contributed by atoms with Gasteiger partial charge in [0.15, 0.2) is 0 Å². The van der Waals surface area contributed by atoms with Crippen molar-refractivity contribution in [1.29, 1.82) is 0 Å².